The SMILES string of the molecule is O[C@H]1CC[C@H](Nc2ncncc2C#Cc2ccccc2)CC1. The molecular formula is C18H19N3O. The summed E-state index contributed by atoms with van der Waals surface area (Å²) >= 11 is 0. The molecule has 1 aliphatic rings. The number of hydrogen-bond donors (Lipinski definition) is 2. The van der Waals surface area contributed by atoms with Crippen LogP contribution in [-0.2, 0) is 0 Å². The summed E-state index contributed by atoms with van der Waals surface area (Å²) in [6.07, 6.45) is 6.71. The number of aliphatic hydroxyl groups is 1. The number of nitrogens with one attached hydrogen (secondary N) is 1. The third-order valence-electron chi connectivity index (χ3n) is 3.87. The van der Waals surface area contributed by atoms with Crippen LogP contribution in [0.3, 0.4) is 0 Å². The lowest BCUT2D eigenvalue weighted by atomic mass is 9.93. The van der Waals surface area contributed by atoms with Gasteiger partial charge in [-0.2, -0.15) is 0 Å². The molecule has 4 heteroatoms. The average molecular weight is 293 g/mol. The lowest BCUT2D eigenvalue weighted by molar-refractivity contribution is 0.126. The summed E-state index contributed by atoms with van der Waals surface area (Å²) in [4.78, 5) is 8.39. The van der Waals surface area contributed by atoms with Crippen molar-refractivity contribution >= 4 is 5.82 Å². The zero-order valence-electron chi connectivity index (χ0n) is 12.4. The predicted octanol–water partition coefficient (Wildman–Crippen LogP) is 2.59. The van der Waals surface area contributed by atoms with E-state index in [-0.39, 0.29) is 6.10 Å². The van der Waals surface area contributed by atoms with Gasteiger partial charge in [0.15, 0.2) is 0 Å². The number of aromatic nitrogens is 2. The third-order valence-corrected chi connectivity index (χ3v) is 3.87. The Hall–Kier alpha value is -2.38. The van der Waals surface area contributed by atoms with E-state index in [4.69, 9.17) is 0 Å². The van der Waals surface area contributed by atoms with Gasteiger partial charge in [0.2, 0.25) is 0 Å². The minimum atomic E-state index is -0.152. The molecule has 0 atom stereocenters. The van der Waals surface area contributed by atoms with Gasteiger partial charge < -0.3 is 10.4 Å². The second kappa shape index (κ2) is 7.06. The first-order valence-corrected chi connectivity index (χ1v) is 7.63. The van der Waals surface area contributed by atoms with E-state index in [0.29, 0.717) is 6.04 Å². The topological polar surface area (TPSA) is 58.0 Å². The van der Waals surface area contributed by atoms with Crippen molar-refractivity contribution in [3.63, 3.8) is 0 Å². The van der Waals surface area contributed by atoms with E-state index in [1.165, 1.54) is 6.33 Å². The third kappa shape index (κ3) is 3.84. The van der Waals surface area contributed by atoms with Crippen molar-refractivity contribution < 1.29 is 5.11 Å². The summed E-state index contributed by atoms with van der Waals surface area (Å²) in [5.74, 6) is 7.05. The molecule has 3 rings (SSSR count). The van der Waals surface area contributed by atoms with Crippen molar-refractivity contribution in [2.75, 3.05) is 5.32 Å². The van der Waals surface area contributed by atoms with Crippen molar-refractivity contribution in [2.24, 2.45) is 0 Å². The van der Waals surface area contributed by atoms with E-state index in [9.17, 15) is 5.11 Å². The molecule has 0 unspecified atom stereocenters. The molecular weight excluding hydrogens is 274 g/mol. The molecule has 1 aliphatic carbocycles. The fourth-order valence-electron chi connectivity index (χ4n) is 2.61. The molecule has 0 spiro atoms. The number of anilines is 1. The Morgan fingerprint density at radius 3 is 2.59 bits per heavy atom. The van der Waals surface area contributed by atoms with Crippen molar-refractivity contribution in [1.82, 2.24) is 9.97 Å². The highest BCUT2D eigenvalue weighted by molar-refractivity contribution is 5.55. The van der Waals surface area contributed by atoms with Gasteiger partial charge in [-0.15, -0.1) is 0 Å². The minimum absolute atomic E-state index is 0.152. The molecule has 2 aromatic rings. The van der Waals surface area contributed by atoms with Gasteiger partial charge in [-0.3, -0.25) is 0 Å². The maximum atomic E-state index is 9.58. The largest absolute Gasteiger partial charge is 0.393 e. The highest BCUT2D eigenvalue weighted by Gasteiger charge is 2.20. The summed E-state index contributed by atoms with van der Waals surface area (Å²) in [7, 11) is 0. The van der Waals surface area contributed by atoms with Crippen molar-refractivity contribution in [3.05, 3.63) is 54.0 Å². The fraction of sp³-hybridized carbons (Fsp3) is 0.333. The van der Waals surface area contributed by atoms with Crippen LogP contribution in [-0.4, -0.2) is 27.2 Å². The standard InChI is InChI=1S/C18H19N3O/c22-17-10-8-16(9-11-17)21-18-15(12-19-13-20-18)7-6-14-4-2-1-3-5-14/h1-5,12-13,16-17,22H,8-11H2,(H,19,20,21)/t16-,17-. The van der Waals surface area contributed by atoms with Crippen molar-refractivity contribution in [3.8, 4) is 11.8 Å². The molecule has 2 N–H and O–H groups in total. The van der Waals surface area contributed by atoms with E-state index in [1.807, 2.05) is 30.3 Å². The number of nitrogens with zero attached hydrogens (tertiary/aromatic N) is 2. The van der Waals surface area contributed by atoms with E-state index < -0.39 is 0 Å². The number of rotatable bonds is 2. The zero-order valence-corrected chi connectivity index (χ0v) is 12.4. The Labute approximate surface area is 130 Å². The van der Waals surface area contributed by atoms with Crippen molar-refractivity contribution in [2.45, 2.75) is 37.8 Å². The van der Waals surface area contributed by atoms with Gasteiger partial charge in [-0.25, -0.2) is 9.97 Å². The van der Waals surface area contributed by atoms with E-state index in [0.717, 1.165) is 42.6 Å². The van der Waals surface area contributed by atoms with Crippen LogP contribution in [0.5, 0.6) is 0 Å². The molecule has 1 saturated carbocycles. The highest BCUT2D eigenvalue weighted by atomic mass is 16.3. The van der Waals surface area contributed by atoms with E-state index in [1.54, 1.807) is 6.20 Å². The Morgan fingerprint density at radius 2 is 1.82 bits per heavy atom. The van der Waals surface area contributed by atoms with Gasteiger partial charge in [0.1, 0.15) is 12.1 Å². The van der Waals surface area contributed by atoms with E-state index >= 15 is 0 Å². The van der Waals surface area contributed by atoms with Gasteiger partial charge in [0.05, 0.1) is 11.7 Å². The normalized spacial score (nSPS) is 20.8. The van der Waals surface area contributed by atoms with Crippen LogP contribution in [0, 0.1) is 11.8 Å². The summed E-state index contributed by atoms with van der Waals surface area (Å²) in [6.45, 7) is 0. The monoisotopic (exact) mass is 293 g/mol. The summed E-state index contributed by atoms with van der Waals surface area (Å²) < 4.78 is 0. The van der Waals surface area contributed by atoms with Crippen molar-refractivity contribution in [1.29, 1.82) is 0 Å². The van der Waals surface area contributed by atoms with Crippen LogP contribution in [0.2, 0.25) is 0 Å². The smallest absolute Gasteiger partial charge is 0.145 e. The fourth-order valence-corrected chi connectivity index (χ4v) is 2.61. The molecule has 1 aromatic carbocycles. The van der Waals surface area contributed by atoms with Crippen LogP contribution >= 0.6 is 0 Å². The Morgan fingerprint density at radius 1 is 1.05 bits per heavy atom. The van der Waals surface area contributed by atoms with Gasteiger partial charge in [-0.1, -0.05) is 30.0 Å². The highest BCUT2D eigenvalue weighted by Crippen LogP contribution is 2.22. The number of hydrogen-bond acceptors (Lipinski definition) is 4. The molecule has 0 amide bonds. The number of aliphatic hydroxyl groups excluding tert-OH is 1. The molecule has 1 heterocycles. The maximum Gasteiger partial charge on any atom is 0.145 e. The van der Waals surface area contributed by atoms with Gasteiger partial charge in [-0.05, 0) is 37.8 Å². The van der Waals surface area contributed by atoms with Crippen LogP contribution < -0.4 is 5.32 Å². The van der Waals surface area contributed by atoms with Crippen LogP contribution in [0.4, 0.5) is 5.82 Å². The Balaban J connectivity index is 1.74. The first-order valence-electron chi connectivity index (χ1n) is 7.63. The Kier molecular flexibility index (Phi) is 4.67. The molecule has 1 fully saturated rings. The lowest BCUT2D eigenvalue weighted by Crippen LogP contribution is -2.28. The second-order valence-electron chi connectivity index (χ2n) is 5.55. The lowest BCUT2D eigenvalue weighted by Gasteiger charge is -2.26. The molecule has 0 saturated heterocycles. The summed E-state index contributed by atoms with van der Waals surface area (Å²) in [5.41, 5.74) is 1.77. The second-order valence-corrected chi connectivity index (χ2v) is 5.55. The molecule has 0 aliphatic heterocycles. The van der Waals surface area contributed by atoms with Gasteiger partial charge >= 0.3 is 0 Å². The van der Waals surface area contributed by atoms with E-state index in [2.05, 4.69) is 27.1 Å². The summed E-state index contributed by atoms with van der Waals surface area (Å²) in [5, 5.41) is 13.0. The number of benzene rings is 1. The molecule has 112 valence electrons. The Bertz CT molecular complexity index is 667. The average Bonchev–Trinajstić information content (AvgIpc) is 2.57. The molecule has 22 heavy (non-hydrogen) atoms. The first kappa shape index (κ1) is 14.6. The maximum absolute atomic E-state index is 9.58. The predicted molar refractivity (Wildman–Crippen MR) is 86.3 cm³/mol. The van der Waals surface area contributed by atoms with Crippen LogP contribution in [0.15, 0.2) is 42.9 Å². The minimum Gasteiger partial charge on any atom is -0.393 e. The molecule has 0 radical (unpaired) electrons. The zero-order chi connectivity index (χ0) is 15.2. The molecule has 1 aromatic heterocycles. The summed E-state index contributed by atoms with van der Waals surface area (Å²) in [6, 6.07) is 10.2. The quantitative estimate of drug-likeness (QED) is 0.836. The molecule has 4 nitrogen and oxygen atoms in total. The first-order chi connectivity index (χ1) is 10.8. The van der Waals surface area contributed by atoms with Gasteiger partial charge in [0.25, 0.3) is 0 Å². The molecule has 0 bridgehead atoms. The van der Waals surface area contributed by atoms with Crippen LogP contribution in [0.1, 0.15) is 36.8 Å². The van der Waals surface area contributed by atoms with Gasteiger partial charge in [0, 0.05) is 17.8 Å². The van der Waals surface area contributed by atoms with Crippen LogP contribution in [0.25, 0.3) is 0 Å².